The zero-order chi connectivity index (χ0) is 22.3. The number of hydrogen-bond donors (Lipinski definition) is 1. The predicted octanol–water partition coefficient (Wildman–Crippen LogP) is 4.29. The van der Waals surface area contributed by atoms with Gasteiger partial charge in [-0.25, -0.2) is 0 Å². The Morgan fingerprint density at radius 1 is 1.06 bits per heavy atom. The van der Waals surface area contributed by atoms with Gasteiger partial charge in [0.25, 0.3) is 5.91 Å². The first-order valence-electron chi connectivity index (χ1n) is 10.1. The highest BCUT2D eigenvalue weighted by Crippen LogP contribution is 2.26. The van der Waals surface area contributed by atoms with Crippen LogP contribution >= 0.6 is 11.8 Å². The van der Waals surface area contributed by atoms with Gasteiger partial charge in [0.15, 0.2) is 0 Å². The van der Waals surface area contributed by atoms with E-state index in [1.807, 2.05) is 42.5 Å². The molecule has 1 heterocycles. The highest BCUT2D eigenvalue weighted by molar-refractivity contribution is 7.99. The lowest BCUT2D eigenvalue weighted by atomic mass is 10.1. The molecule has 1 N–H and O–H groups in total. The number of carbonyl (C=O) groups is 2. The van der Waals surface area contributed by atoms with E-state index in [2.05, 4.69) is 5.32 Å². The van der Waals surface area contributed by atoms with E-state index in [-0.39, 0.29) is 11.8 Å². The molecule has 7 heteroatoms. The normalized spacial score (nSPS) is 15.1. The van der Waals surface area contributed by atoms with E-state index >= 15 is 0 Å². The zero-order valence-electron chi connectivity index (χ0n) is 17.2. The summed E-state index contributed by atoms with van der Waals surface area (Å²) in [5, 5.41) is 11.7. The standard InChI is InChI=1S/C25H21N3O3S/c26-14-18-9-11-21(12-10-18)27-24(29)23-16-32-17-28(23)25(30)20-7-4-8-22(13-20)31-15-19-5-2-1-3-6-19/h1-13,23H,15-17H2,(H,27,29). The van der Waals surface area contributed by atoms with Gasteiger partial charge >= 0.3 is 0 Å². The summed E-state index contributed by atoms with van der Waals surface area (Å²) in [6, 6.07) is 25.0. The van der Waals surface area contributed by atoms with Gasteiger partial charge in [0.1, 0.15) is 18.4 Å². The Bertz CT molecular complexity index is 1140. The molecule has 1 fully saturated rings. The minimum absolute atomic E-state index is 0.208. The van der Waals surface area contributed by atoms with Gasteiger partial charge in [0.2, 0.25) is 5.91 Å². The van der Waals surface area contributed by atoms with Crippen molar-refractivity contribution in [2.75, 3.05) is 16.9 Å². The monoisotopic (exact) mass is 443 g/mol. The van der Waals surface area contributed by atoms with E-state index in [1.54, 1.807) is 47.4 Å². The number of nitrogens with one attached hydrogen (secondary N) is 1. The van der Waals surface area contributed by atoms with Crippen molar-refractivity contribution < 1.29 is 14.3 Å². The summed E-state index contributed by atoms with van der Waals surface area (Å²) in [5.41, 5.74) is 2.63. The highest BCUT2D eigenvalue weighted by Gasteiger charge is 2.35. The lowest BCUT2D eigenvalue weighted by molar-refractivity contribution is -0.119. The smallest absolute Gasteiger partial charge is 0.255 e. The minimum Gasteiger partial charge on any atom is -0.489 e. The summed E-state index contributed by atoms with van der Waals surface area (Å²) in [6.45, 7) is 0.410. The molecule has 4 rings (SSSR count). The third-order valence-electron chi connectivity index (χ3n) is 5.06. The molecule has 32 heavy (non-hydrogen) atoms. The minimum atomic E-state index is -0.572. The predicted molar refractivity (Wildman–Crippen MR) is 124 cm³/mol. The van der Waals surface area contributed by atoms with Crippen LogP contribution in [0.3, 0.4) is 0 Å². The van der Waals surface area contributed by atoms with Crippen molar-refractivity contribution >= 4 is 29.3 Å². The average molecular weight is 444 g/mol. The van der Waals surface area contributed by atoms with Gasteiger partial charge in [0, 0.05) is 17.0 Å². The Morgan fingerprint density at radius 2 is 1.84 bits per heavy atom. The molecule has 0 bridgehead atoms. The fourth-order valence-electron chi connectivity index (χ4n) is 3.34. The Morgan fingerprint density at radius 3 is 2.59 bits per heavy atom. The third kappa shape index (κ3) is 5.10. The number of rotatable bonds is 6. The number of nitrogens with zero attached hydrogens (tertiary/aromatic N) is 2. The summed E-state index contributed by atoms with van der Waals surface area (Å²) in [5.74, 6) is 1.12. The first-order chi connectivity index (χ1) is 15.6. The lowest BCUT2D eigenvalue weighted by Crippen LogP contribution is -2.44. The second kappa shape index (κ2) is 10.0. The molecule has 1 aliphatic rings. The van der Waals surface area contributed by atoms with Crippen molar-refractivity contribution in [3.05, 3.63) is 95.6 Å². The van der Waals surface area contributed by atoms with Gasteiger partial charge in [-0.1, -0.05) is 36.4 Å². The van der Waals surface area contributed by atoms with E-state index in [1.165, 1.54) is 11.8 Å². The molecule has 1 unspecified atom stereocenters. The zero-order valence-corrected chi connectivity index (χ0v) is 18.0. The molecule has 1 saturated heterocycles. The number of nitriles is 1. The molecule has 0 radical (unpaired) electrons. The summed E-state index contributed by atoms with van der Waals surface area (Å²) < 4.78 is 5.84. The number of thioether (sulfide) groups is 1. The van der Waals surface area contributed by atoms with Crippen LogP contribution in [-0.4, -0.2) is 34.4 Å². The van der Waals surface area contributed by atoms with Crippen LogP contribution in [0.25, 0.3) is 0 Å². The van der Waals surface area contributed by atoms with E-state index in [0.717, 1.165) is 5.56 Å². The fraction of sp³-hybridized carbons (Fsp3) is 0.160. The molecule has 3 aromatic carbocycles. The molecule has 0 saturated carbocycles. The molecule has 0 aromatic heterocycles. The van der Waals surface area contributed by atoms with Gasteiger partial charge in [-0.05, 0) is 48.0 Å². The number of hydrogen-bond acceptors (Lipinski definition) is 5. The topological polar surface area (TPSA) is 82.4 Å². The van der Waals surface area contributed by atoms with Crippen LogP contribution in [0.5, 0.6) is 5.75 Å². The number of carbonyl (C=O) groups excluding carboxylic acids is 2. The van der Waals surface area contributed by atoms with Crippen molar-refractivity contribution in [3.63, 3.8) is 0 Å². The molecular weight excluding hydrogens is 422 g/mol. The van der Waals surface area contributed by atoms with E-state index < -0.39 is 6.04 Å². The van der Waals surface area contributed by atoms with Gasteiger partial charge in [-0.3, -0.25) is 9.59 Å². The van der Waals surface area contributed by atoms with Crippen LogP contribution < -0.4 is 10.1 Å². The van der Waals surface area contributed by atoms with Gasteiger partial charge in [-0.15, -0.1) is 11.8 Å². The van der Waals surface area contributed by atoms with Crippen LogP contribution in [-0.2, 0) is 11.4 Å². The van der Waals surface area contributed by atoms with E-state index in [0.29, 0.717) is 40.8 Å². The maximum Gasteiger partial charge on any atom is 0.255 e. The second-order valence-corrected chi connectivity index (χ2v) is 8.27. The molecular formula is C25H21N3O3S. The van der Waals surface area contributed by atoms with Gasteiger partial charge < -0.3 is 15.0 Å². The first-order valence-corrected chi connectivity index (χ1v) is 11.3. The number of benzene rings is 3. The fourth-order valence-corrected chi connectivity index (χ4v) is 4.49. The molecule has 2 amide bonds. The van der Waals surface area contributed by atoms with Crippen LogP contribution in [0.4, 0.5) is 5.69 Å². The van der Waals surface area contributed by atoms with Gasteiger partial charge in [-0.2, -0.15) is 5.26 Å². The van der Waals surface area contributed by atoms with Crippen LogP contribution in [0.1, 0.15) is 21.5 Å². The van der Waals surface area contributed by atoms with Crippen molar-refractivity contribution in [1.29, 1.82) is 5.26 Å². The van der Waals surface area contributed by atoms with E-state index in [9.17, 15) is 9.59 Å². The maximum absolute atomic E-state index is 13.2. The molecule has 6 nitrogen and oxygen atoms in total. The molecule has 1 atom stereocenters. The quantitative estimate of drug-likeness (QED) is 0.615. The number of anilines is 1. The molecule has 1 aliphatic heterocycles. The first kappa shape index (κ1) is 21.5. The van der Waals surface area contributed by atoms with Crippen molar-refractivity contribution in [3.8, 4) is 11.8 Å². The summed E-state index contributed by atoms with van der Waals surface area (Å²) >= 11 is 1.54. The summed E-state index contributed by atoms with van der Waals surface area (Å²) in [6.07, 6.45) is 0. The number of amides is 2. The number of ether oxygens (including phenoxy) is 1. The second-order valence-electron chi connectivity index (χ2n) is 7.27. The van der Waals surface area contributed by atoms with Crippen LogP contribution in [0.15, 0.2) is 78.9 Å². The Labute approximate surface area is 190 Å². The van der Waals surface area contributed by atoms with Crippen molar-refractivity contribution in [2.45, 2.75) is 12.6 Å². The third-order valence-corrected chi connectivity index (χ3v) is 6.07. The Balaban J connectivity index is 1.42. The van der Waals surface area contributed by atoms with E-state index in [4.69, 9.17) is 10.00 Å². The average Bonchev–Trinajstić information content (AvgIpc) is 3.34. The molecule has 0 spiro atoms. The van der Waals surface area contributed by atoms with Gasteiger partial charge in [0.05, 0.1) is 17.5 Å². The Hall–Kier alpha value is -3.76. The SMILES string of the molecule is N#Cc1ccc(NC(=O)C2CSCN2C(=O)c2cccc(OCc3ccccc3)c2)cc1. The molecule has 160 valence electrons. The van der Waals surface area contributed by atoms with Crippen LogP contribution in [0.2, 0.25) is 0 Å². The highest BCUT2D eigenvalue weighted by atomic mass is 32.2. The van der Waals surface area contributed by atoms with Crippen LogP contribution in [0, 0.1) is 11.3 Å². The summed E-state index contributed by atoms with van der Waals surface area (Å²) in [4.78, 5) is 27.6. The van der Waals surface area contributed by atoms with Crippen molar-refractivity contribution in [2.24, 2.45) is 0 Å². The molecule has 3 aromatic rings. The van der Waals surface area contributed by atoms with Crippen molar-refractivity contribution in [1.82, 2.24) is 4.90 Å². The lowest BCUT2D eigenvalue weighted by Gasteiger charge is -2.23. The summed E-state index contributed by atoms with van der Waals surface area (Å²) in [7, 11) is 0. The largest absolute Gasteiger partial charge is 0.489 e. The Kier molecular flexibility index (Phi) is 6.73. The maximum atomic E-state index is 13.2. The molecule has 0 aliphatic carbocycles.